The molecule has 1 aromatic carbocycles. The van der Waals surface area contributed by atoms with Crippen LogP contribution >= 0.6 is 11.8 Å². The summed E-state index contributed by atoms with van der Waals surface area (Å²) in [6.07, 6.45) is 2.61. The van der Waals surface area contributed by atoms with Crippen LogP contribution < -0.4 is 10.2 Å². The number of ether oxygens (including phenoxy) is 1. The topological polar surface area (TPSA) is 92.1 Å². The van der Waals surface area contributed by atoms with Crippen LogP contribution in [0.5, 0.6) is 0 Å². The van der Waals surface area contributed by atoms with E-state index in [1.165, 1.54) is 34.6 Å². The molecule has 0 saturated carbocycles. The minimum atomic E-state index is -1.10. The molecular formula is C27H32F2N6O3S. The highest BCUT2D eigenvalue weighted by Crippen LogP contribution is 2.38. The average molecular weight is 559 g/mol. The van der Waals surface area contributed by atoms with Crippen LogP contribution in [0.3, 0.4) is 0 Å². The molecule has 208 valence electrons. The van der Waals surface area contributed by atoms with Crippen LogP contribution in [0.15, 0.2) is 41.4 Å². The number of thioether (sulfide) groups is 1. The largest absolute Gasteiger partial charge is 0.444 e. The lowest BCUT2D eigenvalue weighted by Crippen LogP contribution is -2.40. The van der Waals surface area contributed by atoms with Crippen molar-refractivity contribution in [2.45, 2.75) is 62.4 Å². The molecule has 2 aliphatic heterocycles. The van der Waals surface area contributed by atoms with Gasteiger partial charge in [-0.25, -0.2) is 23.1 Å². The Morgan fingerprint density at radius 3 is 2.72 bits per heavy atom. The molecule has 1 unspecified atom stereocenters. The number of fused-ring (bicyclic) bond motifs is 1. The molecule has 2 amide bonds. The van der Waals surface area contributed by atoms with Crippen LogP contribution in [0, 0.1) is 5.82 Å². The number of carbonyl (C=O) groups excluding carboxylic acids is 2. The Bertz CT molecular complexity index is 1390. The summed E-state index contributed by atoms with van der Waals surface area (Å²) >= 11 is 1.43. The number of hydrogen-bond donors (Lipinski definition) is 1. The van der Waals surface area contributed by atoms with Gasteiger partial charge in [-0.1, -0.05) is 0 Å². The van der Waals surface area contributed by atoms with E-state index in [1.54, 1.807) is 21.9 Å². The summed E-state index contributed by atoms with van der Waals surface area (Å²) in [6, 6.07) is 7.59. The first-order chi connectivity index (χ1) is 18.5. The second-order valence-corrected chi connectivity index (χ2v) is 11.8. The standard InChI is InChI=1S/C27H32F2N6O3S/c1-27(2,3)38-26(37)33-8-7-19(15-33)31-25(36)22-13-30-23-5-6-24(32-35(22)23)34-14-18(29)12-21(34)16-9-17(28)11-20(10-16)39-4/h5-6,9-11,13,18-19,21H,7-8,12,14-15H2,1-4H3,(H,31,36)/t18-,19?,21+/m0/s1. The number of likely N-dealkylation sites (tertiary alicyclic amines) is 1. The maximum absolute atomic E-state index is 14.7. The predicted octanol–water partition coefficient (Wildman–Crippen LogP) is 4.62. The van der Waals surface area contributed by atoms with E-state index in [-0.39, 0.29) is 36.4 Å². The lowest BCUT2D eigenvalue weighted by Gasteiger charge is -2.26. The van der Waals surface area contributed by atoms with Gasteiger partial charge in [0.2, 0.25) is 0 Å². The zero-order valence-corrected chi connectivity index (χ0v) is 23.2. The van der Waals surface area contributed by atoms with E-state index < -0.39 is 23.9 Å². The van der Waals surface area contributed by atoms with Gasteiger partial charge in [0.05, 0.1) is 18.8 Å². The Balaban J connectivity index is 1.34. The molecule has 1 N–H and O–H groups in total. The lowest BCUT2D eigenvalue weighted by atomic mass is 10.0. The first-order valence-electron chi connectivity index (χ1n) is 12.9. The predicted molar refractivity (Wildman–Crippen MR) is 144 cm³/mol. The van der Waals surface area contributed by atoms with Crippen molar-refractivity contribution < 1.29 is 23.1 Å². The fraction of sp³-hybridized carbons (Fsp3) is 0.481. The molecule has 3 atom stereocenters. The van der Waals surface area contributed by atoms with Crippen molar-refractivity contribution >= 4 is 35.2 Å². The van der Waals surface area contributed by atoms with Crippen molar-refractivity contribution in [3.8, 4) is 0 Å². The van der Waals surface area contributed by atoms with Crippen molar-refractivity contribution in [3.63, 3.8) is 0 Å². The second kappa shape index (κ2) is 10.6. The number of aromatic nitrogens is 3. The molecule has 5 rings (SSSR count). The third kappa shape index (κ3) is 5.95. The molecule has 0 spiro atoms. The quantitative estimate of drug-likeness (QED) is 0.457. The van der Waals surface area contributed by atoms with Gasteiger partial charge in [0.15, 0.2) is 11.3 Å². The maximum atomic E-state index is 14.7. The van der Waals surface area contributed by atoms with Gasteiger partial charge in [-0.2, -0.15) is 0 Å². The molecule has 39 heavy (non-hydrogen) atoms. The van der Waals surface area contributed by atoms with E-state index in [4.69, 9.17) is 4.74 Å². The Kier molecular flexibility index (Phi) is 7.41. The highest BCUT2D eigenvalue weighted by Gasteiger charge is 2.35. The highest BCUT2D eigenvalue weighted by molar-refractivity contribution is 7.98. The van der Waals surface area contributed by atoms with Crippen molar-refractivity contribution in [3.05, 3.63) is 53.6 Å². The number of rotatable bonds is 5. The molecule has 3 aromatic rings. The lowest BCUT2D eigenvalue weighted by molar-refractivity contribution is 0.0290. The minimum absolute atomic E-state index is 0.104. The maximum Gasteiger partial charge on any atom is 0.410 e. The van der Waals surface area contributed by atoms with Crippen molar-refractivity contribution in [2.75, 3.05) is 30.8 Å². The summed E-state index contributed by atoms with van der Waals surface area (Å²) < 4.78 is 35.8. The van der Waals surface area contributed by atoms with Crippen molar-refractivity contribution in [2.24, 2.45) is 0 Å². The summed E-state index contributed by atoms with van der Waals surface area (Å²) in [5.74, 6) is -0.279. The molecule has 2 aromatic heterocycles. The van der Waals surface area contributed by atoms with E-state index in [1.807, 2.05) is 33.1 Å². The number of halogens is 2. The Morgan fingerprint density at radius 2 is 1.97 bits per heavy atom. The number of benzene rings is 1. The molecule has 0 radical (unpaired) electrons. The van der Waals surface area contributed by atoms with Crippen LogP contribution in [0.2, 0.25) is 0 Å². The van der Waals surface area contributed by atoms with Crippen LogP contribution in [0.1, 0.15) is 55.7 Å². The van der Waals surface area contributed by atoms with Crippen LogP contribution in [-0.2, 0) is 4.74 Å². The Hall–Kier alpha value is -3.41. The summed E-state index contributed by atoms with van der Waals surface area (Å²) in [5.41, 5.74) is 0.779. The van der Waals surface area contributed by atoms with E-state index in [0.717, 1.165) is 4.90 Å². The smallest absolute Gasteiger partial charge is 0.410 e. The van der Waals surface area contributed by atoms with Gasteiger partial charge < -0.3 is 19.9 Å². The Morgan fingerprint density at radius 1 is 1.18 bits per heavy atom. The number of imidazole rings is 1. The number of alkyl halides is 1. The number of nitrogens with one attached hydrogen (secondary N) is 1. The number of carbonyl (C=O) groups is 2. The molecule has 4 heterocycles. The van der Waals surface area contributed by atoms with Gasteiger partial charge >= 0.3 is 6.09 Å². The molecule has 2 fully saturated rings. The van der Waals surface area contributed by atoms with Crippen LogP contribution in [-0.4, -0.2) is 75.2 Å². The van der Waals surface area contributed by atoms with Crippen LogP contribution in [0.4, 0.5) is 19.4 Å². The fourth-order valence-corrected chi connectivity index (χ4v) is 5.53. The first kappa shape index (κ1) is 27.2. The van der Waals surface area contributed by atoms with Gasteiger partial charge in [0, 0.05) is 30.4 Å². The van der Waals surface area contributed by atoms with Crippen LogP contribution in [0.25, 0.3) is 5.65 Å². The third-order valence-corrected chi connectivity index (χ3v) is 7.52. The fourth-order valence-electron chi connectivity index (χ4n) is 5.05. The van der Waals surface area contributed by atoms with E-state index in [2.05, 4.69) is 15.4 Å². The second-order valence-electron chi connectivity index (χ2n) is 10.9. The summed E-state index contributed by atoms with van der Waals surface area (Å²) in [5, 5.41) is 7.60. The number of amides is 2. The van der Waals surface area contributed by atoms with Gasteiger partial charge in [-0.05, 0) is 69.3 Å². The zero-order chi connectivity index (χ0) is 27.9. The molecule has 0 bridgehead atoms. The van der Waals surface area contributed by atoms with Gasteiger partial charge in [0.25, 0.3) is 5.91 Å². The Labute approximate surface area is 229 Å². The zero-order valence-electron chi connectivity index (χ0n) is 22.4. The van der Waals surface area contributed by atoms with Gasteiger partial charge in [0.1, 0.15) is 23.4 Å². The molecule has 2 aliphatic rings. The number of nitrogens with zero attached hydrogens (tertiary/aromatic N) is 5. The van der Waals surface area contributed by atoms with E-state index in [9.17, 15) is 18.4 Å². The minimum Gasteiger partial charge on any atom is -0.444 e. The third-order valence-electron chi connectivity index (χ3n) is 6.81. The monoisotopic (exact) mass is 558 g/mol. The molecule has 12 heteroatoms. The van der Waals surface area contributed by atoms with Crippen molar-refractivity contribution in [1.82, 2.24) is 24.8 Å². The first-order valence-corrected chi connectivity index (χ1v) is 14.1. The molecular weight excluding hydrogens is 526 g/mol. The summed E-state index contributed by atoms with van der Waals surface area (Å²) in [6.45, 7) is 6.36. The summed E-state index contributed by atoms with van der Waals surface area (Å²) in [4.78, 5) is 34.0. The molecule has 9 nitrogen and oxygen atoms in total. The summed E-state index contributed by atoms with van der Waals surface area (Å²) in [7, 11) is 0. The highest BCUT2D eigenvalue weighted by atomic mass is 32.2. The number of hydrogen-bond acceptors (Lipinski definition) is 7. The average Bonchev–Trinajstić information content (AvgIpc) is 3.60. The van der Waals surface area contributed by atoms with Gasteiger partial charge in [-0.3, -0.25) is 4.79 Å². The van der Waals surface area contributed by atoms with E-state index >= 15 is 0 Å². The molecule has 2 saturated heterocycles. The SMILES string of the molecule is CSc1cc(F)cc([C@H]2C[C@H](F)CN2c2ccc3ncc(C(=O)NC4CCN(C(=O)OC(C)(C)C)C4)n3n2)c1. The molecule has 0 aliphatic carbocycles. The number of anilines is 1. The van der Waals surface area contributed by atoms with E-state index in [0.29, 0.717) is 36.5 Å². The van der Waals surface area contributed by atoms with Gasteiger partial charge in [-0.15, -0.1) is 16.9 Å². The van der Waals surface area contributed by atoms with Crippen molar-refractivity contribution in [1.29, 1.82) is 0 Å². The normalized spacial score (nSPS) is 21.5.